The summed E-state index contributed by atoms with van der Waals surface area (Å²) < 4.78 is 12.9. The van der Waals surface area contributed by atoms with Crippen LogP contribution < -0.4 is 15.8 Å². The molecule has 0 radical (unpaired) electrons. The van der Waals surface area contributed by atoms with E-state index in [2.05, 4.69) is 32.1 Å². The number of ether oxygens (including phenoxy) is 2. The van der Waals surface area contributed by atoms with Crippen LogP contribution in [-0.2, 0) is 22.5 Å². The maximum absolute atomic E-state index is 12.2. The second kappa shape index (κ2) is 12.8. The number of methoxy groups -OCH3 is 1. The number of nitrogens with one attached hydrogen (secondary N) is 1. The summed E-state index contributed by atoms with van der Waals surface area (Å²) in [7, 11) is 1.65. The topological polar surface area (TPSA) is 117 Å². The van der Waals surface area contributed by atoms with E-state index in [0.29, 0.717) is 29.7 Å². The minimum atomic E-state index is -0.504. The van der Waals surface area contributed by atoms with Crippen LogP contribution in [0.3, 0.4) is 0 Å². The molecule has 0 unspecified atom stereocenters. The number of aryl methyl sites for hydroxylation is 1. The third kappa shape index (κ3) is 7.38. The molecule has 0 fully saturated rings. The van der Waals surface area contributed by atoms with Crippen LogP contribution in [0.4, 0.5) is 5.95 Å². The van der Waals surface area contributed by atoms with Crippen LogP contribution in [0, 0.1) is 25.7 Å². The third-order valence-electron chi connectivity index (χ3n) is 6.68. The molecule has 1 atom stereocenters. The Morgan fingerprint density at radius 1 is 1.17 bits per heavy atom. The highest BCUT2D eigenvalue weighted by Crippen LogP contribution is 2.29. The van der Waals surface area contributed by atoms with Gasteiger partial charge in [0.2, 0.25) is 5.95 Å². The number of hydrogen-bond donors (Lipinski definition) is 2. The largest absolute Gasteiger partial charge is 0.496 e. The van der Waals surface area contributed by atoms with Crippen LogP contribution >= 0.6 is 11.6 Å². The van der Waals surface area contributed by atoms with Crippen LogP contribution in [-0.4, -0.2) is 50.8 Å². The number of carbonyl (C=O) groups is 1. The number of nitrogen functional groups attached to an aromatic ring is 1. The molecule has 220 valence electrons. The third-order valence-corrected chi connectivity index (χ3v) is 6.95. The van der Waals surface area contributed by atoms with Crippen molar-refractivity contribution in [2.75, 3.05) is 19.4 Å². The van der Waals surface area contributed by atoms with Gasteiger partial charge in [0.1, 0.15) is 28.2 Å². The van der Waals surface area contributed by atoms with E-state index in [4.69, 9.17) is 26.8 Å². The summed E-state index contributed by atoms with van der Waals surface area (Å²) in [5, 5.41) is 4.11. The quantitative estimate of drug-likeness (QED) is 0.168. The predicted octanol–water partition coefficient (Wildman–Crippen LogP) is 5.00. The molecular formula is C32H37ClN6O3. The first-order valence-electron chi connectivity index (χ1n) is 13.7. The standard InChI is InChI=1S/C32H37ClN6O3/c1-19-16-36-25(20(2)27(19)41-7)18-39-17-24(26-28(33)37-31(34)38-29(26)39)13-12-22-8-10-23(11-9-22)14-15-35-21(3)30(40)42-32(4,5)6/h8-11,16-17,21,35H,14-15,18H2,1-7H3,(H2,34,37,38)/t21-/m0/s1. The molecule has 0 saturated heterocycles. The molecule has 3 aromatic heterocycles. The van der Waals surface area contributed by atoms with Gasteiger partial charge in [0.15, 0.2) is 0 Å². The number of carbonyl (C=O) groups excluding carboxylic acids is 1. The van der Waals surface area contributed by atoms with Crippen molar-refractivity contribution in [1.29, 1.82) is 0 Å². The molecule has 0 bridgehead atoms. The van der Waals surface area contributed by atoms with E-state index in [1.54, 1.807) is 13.3 Å². The summed E-state index contributed by atoms with van der Waals surface area (Å²) in [6.45, 7) is 12.4. The predicted molar refractivity (Wildman–Crippen MR) is 166 cm³/mol. The summed E-state index contributed by atoms with van der Waals surface area (Å²) in [6, 6.07) is 7.63. The van der Waals surface area contributed by atoms with Crippen molar-refractivity contribution in [3.63, 3.8) is 0 Å². The molecule has 3 N–H and O–H groups in total. The number of nitrogens with zero attached hydrogens (tertiary/aromatic N) is 4. The number of nitrogens with two attached hydrogens (primary N) is 1. The van der Waals surface area contributed by atoms with Gasteiger partial charge in [-0.2, -0.15) is 4.98 Å². The minimum Gasteiger partial charge on any atom is -0.496 e. The van der Waals surface area contributed by atoms with Crippen LogP contribution in [0.15, 0.2) is 36.7 Å². The Hall–Kier alpha value is -4.13. The highest BCUT2D eigenvalue weighted by molar-refractivity contribution is 6.34. The zero-order valence-corrected chi connectivity index (χ0v) is 25.9. The molecule has 4 aromatic rings. The molecule has 0 amide bonds. The minimum absolute atomic E-state index is 0.0862. The fourth-order valence-corrected chi connectivity index (χ4v) is 4.84. The summed E-state index contributed by atoms with van der Waals surface area (Å²) in [4.78, 5) is 25.4. The molecule has 42 heavy (non-hydrogen) atoms. The average molecular weight is 589 g/mol. The Balaban J connectivity index is 1.51. The Labute approximate surface area is 251 Å². The molecule has 0 aliphatic rings. The fraction of sp³-hybridized carbons (Fsp3) is 0.375. The number of halogens is 1. The first-order chi connectivity index (χ1) is 19.9. The van der Waals surface area contributed by atoms with Gasteiger partial charge in [0.05, 0.1) is 30.3 Å². The van der Waals surface area contributed by atoms with E-state index in [0.717, 1.165) is 40.1 Å². The van der Waals surface area contributed by atoms with Gasteiger partial charge in [0, 0.05) is 29.1 Å². The monoisotopic (exact) mass is 588 g/mol. The van der Waals surface area contributed by atoms with Gasteiger partial charge in [-0.15, -0.1) is 0 Å². The number of hydrogen-bond acceptors (Lipinski definition) is 8. The lowest BCUT2D eigenvalue weighted by Crippen LogP contribution is -2.40. The lowest BCUT2D eigenvalue weighted by molar-refractivity contribution is -0.156. The molecule has 4 rings (SSSR count). The Morgan fingerprint density at radius 2 is 1.88 bits per heavy atom. The number of aromatic nitrogens is 4. The van der Waals surface area contributed by atoms with E-state index in [1.807, 2.05) is 76.6 Å². The van der Waals surface area contributed by atoms with Crippen LogP contribution in [0.25, 0.3) is 11.0 Å². The zero-order valence-electron chi connectivity index (χ0n) is 25.1. The van der Waals surface area contributed by atoms with E-state index < -0.39 is 5.60 Å². The number of benzene rings is 1. The number of pyridine rings is 1. The molecule has 9 nitrogen and oxygen atoms in total. The summed E-state index contributed by atoms with van der Waals surface area (Å²) in [5.74, 6) is 7.10. The number of esters is 1. The number of fused-ring (bicyclic) bond motifs is 1. The van der Waals surface area contributed by atoms with Crippen molar-refractivity contribution < 1.29 is 14.3 Å². The second-order valence-corrected chi connectivity index (χ2v) is 11.6. The Bertz CT molecular complexity index is 1660. The molecule has 0 saturated carbocycles. The van der Waals surface area contributed by atoms with Gasteiger partial charge in [-0.3, -0.25) is 9.78 Å². The summed E-state index contributed by atoms with van der Waals surface area (Å²) in [6.07, 6.45) is 4.46. The molecule has 0 spiro atoms. The van der Waals surface area contributed by atoms with E-state index >= 15 is 0 Å². The van der Waals surface area contributed by atoms with Gasteiger partial charge >= 0.3 is 5.97 Å². The van der Waals surface area contributed by atoms with Crippen molar-refractivity contribution in [2.24, 2.45) is 0 Å². The van der Waals surface area contributed by atoms with Crippen LogP contribution in [0.5, 0.6) is 5.75 Å². The maximum Gasteiger partial charge on any atom is 0.323 e. The average Bonchev–Trinajstić information content (AvgIpc) is 3.26. The normalized spacial score (nSPS) is 12.1. The fourth-order valence-electron chi connectivity index (χ4n) is 4.57. The lowest BCUT2D eigenvalue weighted by atomic mass is 10.1. The van der Waals surface area contributed by atoms with Crippen LogP contribution in [0.2, 0.25) is 5.15 Å². The lowest BCUT2D eigenvalue weighted by Gasteiger charge is -2.22. The molecule has 3 heterocycles. The molecule has 0 aliphatic heterocycles. The molecular weight excluding hydrogens is 552 g/mol. The van der Waals surface area contributed by atoms with Gasteiger partial charge in [0.25, 0.3) is 0 Å². The van der Waals surface area contributed by atoms with Crippen molar-refractivity contribution >= 4 is 34.6 Å². The van der Waals surface area contributed by atoms with Crippen molar-refractivity contribution in [2.45, 2.75) is 66.2 Å². The van der Waals surface area contributed by atoms with Gasteiger partial charge in [-0.05, 0) is 72.2 Å². The van der Waals surface area contributed by atoms with Crippen molar-refractivity contribution in [1.82, 2.24) is 24.8 Å². The van der Waals surface area contributed by atoms with Crippen molar-refractivity contribution in [3.05, 3.63) is 75.3 Å². The first kappa shape index (κ1) is 30.8. The smallest absolute Gasteiger partial charge is 0.323 e. The number of rotatable bonds is 8. The Kier molecular flexibility index (Phi) is 9.40. The van der Waals surface area contributed by atoms with Gasteiger partial charge in [-0.1, -0.05) is 35.6 Å². The van der Waals surface area contributed by atoms with Crippen molar-refractivity contribution in [3.8, 4) is 17.6 Å². The highest BCUT2D eigenvalue weighted by Gasteiger charge is 2.21. The first-order valence-corrected chi connectivity index (χ1v) is 14.1. The summed E-state index contributed by atoms with van der Waals surface area (Å²) >= 11 is 6.52. The van der Waals surface area contributed by atoms with E-state index in [-0.39, 0.29) is 23.1 Å². The molecule has 1 aromatic carbocycles. The van der Waals surface area contributed by atoms with E-state index in [9.17, 15) is 4.79 Å². The van der Waals surface area contributed by atoms with Gasteiger partial charge in [-0.25, -0.2) is 4.98 Å². The van der Waals surface area contributed by atoms with Crippen LogP contribution in [0.1, 0.15) is 61.2 Å². The summed E-state index contributed by atoms with van der Waals surface area (Å²) in [5.41, 5.74) is 11.5. The van der Waals surface area contributed by atoms with Gasteiger partial charge < -0.3 is 25.1 Å². The SMILES string of the molecule is COc1c(C)cnc(Cn2cc(C#Cc3ccc(CCN[C@@H](C)C(=O)OC(C)(C)C)cc3)c3c(Cl)nc(N)nc32)c1C. The molecule has 10 heteroatoms. The second-order valence-electron chi connectivity index (χ2n) is 11.2. The molecule has 0 aliphatic carbocycles. The zero-order chi connectivity index (χ0) is 30.6. The van der Waals surface area contributed by atoms with E-state index in [1.165, 1.54) is 0 Å². The Morgan fingerprint density at radius 3 is 2.55 bits per heavy atom. The highest BCUT2D eigenvalue weighted by atomic mass is 35.5. The number of anilines is 1. The maximum atomic E-state index is 12.2.